The van der Waals surface area contributed by atoms with Gasteiger partial charge in [-0.2, -0.15) is 0 Å². The maximum absolute atomic E-state index is 11.9. The van der Waals surface area contributed by atoms with Crippen molar-refractivity contribution in [3.05, 3.63) is 0 Å². The average Bonchev–Trinajstić information content (AvgIpc) is 2.31. The van der Waals surface area contributed by atoms with E-state index >= 15 is 0 Å². The number of esters is 1. The van der Waals surface area contributed by atoms with Gasteiger partial charge in [0.2, 0.25) is 0 Å². The summed E-state index contributed by atoms with van der Waals surface area (Å²) in [6.45, 7) is 9.90. The second-order valence-electron chi connectivity index (χ2n) is 4.80. The van der Waals surface area contributed by atoms with Crippen molar-refractivity contribution in [3.8, 4) is 0 Å². The molecule has 0 amide bonds. The fourth-order valence-electron chi connectivity index (χ4n) is 1.58. The zero-order valence-corrected chi connectivity index (χ0v) is 11.6. The van der Waals surface area contributed by atoms with E-state index in [9.17, 15) is 4.79 Å². The Morgan fingerprint density at radius 2 is 1.82 bits per heavy atom. The van der Waals surface area contributed by atoms with Crippen LogP contribution in [0.4, 0.5) is 0 Å². The second kappa shape index (κ2) is 8.48. The summed E-state index contributed by atoms with van der Waals surface area (Å²) < 4.78 is 10.6. The number of carbonyl (C=O) groups is 1. The Bertz CT molecular complexity index is 204. The van der Waals surface area contributed by atoms with Gasteiger partial charge in [0.05, 0.1) is 12.0 Å². The highest BCUT2D eigenvalue weighted by molar-refractivity contribution is 5.77. The Kier molecular flexibility index (Phi) is 8.17. The quantitative estimate of drug-likeness (QED) is 0.498. The molecule has 0 aromatic heterocycles. The van der Waals surface area contributed by atoms with Gasteiger partial charge in [-0.15, -0.1) is 0 Å². The Balaban J connectivity index is 3.91. The molecule has 0 aromatic rings. The molecule has 0 atom stereocenters. The van der Waals surface area contributed by atoms with Gasteiger partial charge in [0, 0.05) is 13.2 Å². The molecule has 0 saturated carbocycles. The summed E-state index contributed by atoms with van der Waals surface area (Å²) in [5, 5.41) is 0. The van der Waals surface area contributed by atoms with Crippen LogP contribution in [0.2, 0.25) is 0 Å². The molecule has 4 heteroatoms. The topological polar surface area (TPSA) is 61.6 Å². The first-order chi connectivity index (χ1) is 8.02. The molecule has 0 aromatic carbocycles. The van der Waals surface area contributed by atoms with E-state index < -0.39 is 5.41 Å². The molecule has 0 spiro atoms. The number of rotatable bonds is 9. The normalized spacial score (nSPS) is 11.9. The van der Waals surface area contributed by atoms with Crippen LogP contribution >= 0.6 is 0 Å². The summed E-state index contributed by atoms with van der Waals surface area (Å²) in [5.74, 6) is 0.304. The Hall–Kier alpha value is -0.610. The molecular weight excluding hydrogens is 218 g/mol. The minimum Gasteiger partial charge on any atom is -0.463 e. The van der Waals surface area contributed by atoms with Crippen molar-refractivity contribution in [2.75, 3.05) is 26.4 Å². The van der Waals surface area contributed by atoms with Crippen molar-refractivity contribution >= 4 is 5.97 Å². The SMILES string of the molecule is CCC(CC)(CN)C(=O)OCCOCC(C)C. The van der Waals surface area contributed by atoms with E-state index in [2.05, 4.69) is 13.8 Å². The highest BCUT2D eigenvalue weighted by Gasteiger charge is 2.34. The molecule has 0 aliphatic rings. The summed E-state index contributed by atoms with van der Waals surface area (Å²) in [6.07, 6.45) is 1.43. The lowest BCUT2D eigenvalue weighted by molar-refractivity contribution is -0.157. The molecule has 102 valence electrons. The number of hydrogen-bond donors (Lipinski definition) is 1. The van der Waals surface area contributed by atoms with Crippen LogP contribution < -0.4 is 5.73 Å². The van der Waals surface area contributed by atoms with Crippen molar-refractivity contribution in [2.45, 2.75) is 40.5 Å². The molecule has 0 radical (unpaired) electrons. The van der Waals surface area contributed by atoms with Gasteiger partial charge < -0.3 is 15.2 Å². The summed E-state index contributed by atoms with van der Waals surface area (Å²) in [4.78, 5) is 11.9. The van der Waals surface area contributed by atoms with Crippen LogP contribution in [0.5, 0.6) is 0 Å². The highest BCUT2D eigenvalue weighted by Crippen LogP contribution is 2.26. The van der Waals surface area contributed by atoms with Gasteiger partial charge in [0.15, 0.2) is 0 Å². The maximum atomic E-state index is 11.9. The summed E-state index contributed by atoms with van der Waals surface area (Å²) >= 11 is 0. The van der Waals surface area contributed by atoms with E-state index in [-0.39, 0.29) is 5.97 Å². The van der Waals surface area contributed by atoms with Gasteiger partial charge in [-0.05, 0) is 18.8 Å². The fraction of sp³-hybridized carbons (Fsp3) is 0.923. The molecule has 0 bridgehead atoms. The van der Waals surface area contributed by atoms with Crippen LogP contribution in [0.1, 0.15) is 40.5 Å². The average molecular weight is 245 g/mol. The lowest BCUT2D eigenvalue weighted by Gasteiger charge is -2.27. The summed E-state index contributed by atoms with van der Waals surface area (Å²) in [7, 11) is 0. The van der Waals surface area contributed by atoms with Gasteiger partial charge in [-0.1, -0.05) is 27.7 Å². The Morgan fingerprint density at radius 3 is 2.24 bits per heavy atom. The third-order valence-electron chi connectivity index (χ3n) is 3.09. The van der Waals surface area contributed by atoms with E-state index in [0.717, 1.165) is 0 Å². The molecule has 0 aliphatic heterocycles. The van der Waals surface area contributed by atoms with Crippen molar-refractivity contribution < 1.29 is 14.3 Å². The van der Waals surface area contributed by atoms with Crippen molar-refractivity contribution in [1.29, 1.82) is 0 Å². The van der Waals surface area contributed by atoms with Crippen molar-refractivity contribution in [2.24, 2.45) is 17.1 Å². The molecule has 0 unspecified atom stereocenters. The van der Waals surface area contributed by atoms with E-state index in [0.29, 0.717) is 45.1 Å². The molecule has 2 N–H and O–H groups in total. The minimum atomic E-state index is -0.516. The minimum absolute atomic E-state index is 0.196. The van der Waals surface area contributed by atoms with Crippen LogP contribution in [-0.4, -0.2) is 32.3 Å². The maximum Gasteiger partial charge on any atom is 0.313 e. The highest BCUT2D eigenvalue weighted by atomic mass is 16.6. The molecule has 0 aliphatic carbocycles. The number of ether oxygens (including phenoxy) is 2. The van der Waals surface area contributed by atoms with E-state index in [1.807, 2.05) is 13.8 Å². The number of nitrogens with two attached hydrogens (primary N) is 1. The van der Waals surface area contributed by atoms with Gasteiger partial charge in [-0.25, -0.2) is 0 Å². The first kappa shape index (κ1) is 16.4. The molecule has 4 nitrogen and oxygen atoms in total. The second-order valence-corrected chi connectivity index (χ2v) is 4.80. The van der Waals surface area contributed by atoms with E-state index in [4.69, 9.17) is 15.2 Å². The summed E-state index contributed by atoms with van der Waals surface area (Å²) in [6, 6.07) is 0. The van der Waals surface area contributed by atoms with Crippen LogP contribution in [0.3, 0.4) is 0 Å². The predicted molar refractivity (Wildman–Crippen MR) is 68.7 cm³/mol. The fourth-order valence-corrected chi connectivity index (χ4v) is 1.58. The number of hydrogen-bond acceptors (Lipinski definition) is 4. The van der Waals surface area contributed by atoms with Crippen molar-refractivity contribution in [3.63, 3.8) is 0 Å². The molecule has 0 heterocycles. The van der Waals surface area contributed by atoms with Gasteiger partial charge in [-0.3, -0.25) is 4.79 Å². The summed E-state index contributed by atoms with van der Waals surface area (Å²) in [5.41, 5.74) is 5.15. The van der Waals surface area contributed by atoms with Crippen molar-refractivity contribution in [1.82, 2.24) is 0 Å². The first-order valence-electron chi connectivity index (χ1n) is 6.47. The Labute approximate surface area is 105 Å². The number of carbonyl (C=O) groups excluding carboxylic acids is 1. The lowest BCUT2D eigenvalue weighted by Crippen LogP contribution is -2.39. The molecule has 0 saturated heterocycles. The smallest absolute Gasteiger partial charge is 0.313 e. The van der Waals surface area contributed by atoms with Gasteiger partial charge >= 0.3 is 5.97 Å². The van der Waals surface area contributed by atoms with E-state index in [1.165, 1.54) is 0 Å². The van der Waals surface area contributed by atoms with Crippen LogP contribution in [-0.2, 0) is 14.3 Å². The third-order valence-corrected chi connectivity index (χ3v) is 3.09. The molecule has 0 rings (SSSR count). The Morgan fingerprint density at radius 1 is 1.24 bits per heavy atom. The zero-order valence-electron chi connectivity index (χ0n) is 11.6. The van der Waals surface area contributed by atoms with E-state index in [1.54, 1.807) is 0 Å². The van der Waals surface area contributed by atoms with Gasteiger partial charge in [0.25, 0.3) is 0 Å². The zero-order chi connectivity index (χ0) is 13.3. The lowest BCUT2D eigenvalue weighted by atomic mass is 9.82. The van der Waals surface area contributed by atoms with Gasteiger partial charge in [0.1, 0.15) is 6.61 Å². The monoisotopic (exact) mass is 245 g/mol. The molecule has 0 fully saturated rings. The first-order valence-corrected chi connectivity index (χ1v) is 6.47. The molecule has 17 heavy (non-hydrogen) atoms. The van der Waals surface area contributed by atoms with Crippen LogP contribution in [0.25, 0.3) is 0 Å². The standard InChI is InChI=1S/C13H27NO3/c1-5-13(6-2,10-14)12(15)17-8-7-16-9-11(3)4/h11H,5-10,14H2,1-4H3. The van der Waals surface area contributed by atoms with Crippen LogP contribution in [0.15, 0.2) is 0 Å². The molecular formula is C13H27NO3. The van der Waals surface area contributed by atoms with Crippen LogP contribution in [0, 0.1) is 11.3 Å². The largest absolute Gasteiger partial charge is 0.463 e. The third kappa shape index (κ3) is 5.50. The predicted octanol–water partition coefficient (Wildman–Crippen LogP) is 1.97.